The summed E-state index contributed by atoms with van der Waals surface area (Å²) in [6.45, 7) is -0.603. The molecule has 0 aromatic carbocycles. The van der Waals surface area contributed by atoms with Crippen molar-refractivity contribution in [3.05, 3.63) is 0 Å². The molecular weight excluding hydrogens is 305 g/mol. The number of alkyl halides is 3. The van der Waals surface area contributed by atoms with Crippen molar-refractivity contribution >= 4 is 11.8 Å². The predicted molar refractivity (Wildman–Crippen MR) is 76.0 cm³/mol. The first kappa shape index (κ1) is 17.3. The fourth-order valence-electron chi connectivity index (χ4n) is 3.12. The molecule has 2 aliphatic rings. The number of nitrogens with one attached hydrogen (secondary N) is 1. The number of thioether (sulfide) groups is 1. The second-order valence-corrected chi connectivity index (χ2v) is 7.02. The Balaban J connectivity index is 1.85. The fourth-order valence-corrected chi connectivity index (χ4v) is 4.36. The zero-order chi connectivity index (χ0) is 15.3. The highest BCUT2D eigenvalue weighted by atomic mass is 32.2. The molecule has 0 aliphatic carbocycles. The van der Waals surface area contributed by atoms with Crippen molar-refractivity contribution in [3.63, 3.8) is 0 Å². The Morgan fingerprint density at radius 3 is 2.71 bits per heavy atom. The van der Waals surface area contributed by atoms with Crippen molar-refractivity contribution < 1.29 is 22.6 Å². The first-order chi connectivity index (χ1) is 9.94. The molecule has 0 saturated carbocycles. The van der Waals surface area contributed by atoms with Crippen LogP contribution in [0.2, 0.25) is 0 Å². The van der Waals surface area contributed by atoms with Gasteiger partial charge in [-0.05, 0) is 43.1 Å². The van der Waals surface area contributed by atoms with Gasteiger partial charge in [-0.1, -0.05) is 0 Å². The van der Waals surface area contributed by atoms with Crippen LogP contribution in [-0.2, 0) is 9.47 Å². The average Bonchev–Trinajstić information content (AvgIpc) is 2.43. The third-order valence-corrected chi connectivity index (χ3v) is 5.27. The maximum Gasteiger partial charge on any atom is 0.411 e. The first-order valence-corrected chi connectivity index (χ1v) is 8.42. The van der Waals surface area contributed by atoms with E-state index in [2.05, 4.69) is 5.43 Å². The van der Waals surface area contributed by atoms with E-state index in [1.807, 2.05) is 11.8 Å². The van der Waals surface area contributed by atoms with Gasteiger partial charge in [0.1, 0.15) is 6.61 Å². The molecule has 2 aliphatic heterocycles. The Labute approximate surface area is 127 Å². The van der Waals surface area contributed by atoms with E-state index in [4.69, 9.17) is 15.3 Å². The van der Waals surface area contributed by atoms with E-state index in [1.54, 1.807) is 0 Å². The fraction of sp³-hybridized carbons (Fsp3) is 1.00. The summed E-state index contributed by atoms with van der Waals surface area (Å²) in [4.78, 5) is 0. The molecule has 2 heterocycles. The van der Waals surface area contributed by atoms with Gasteiger partial charge in [0.25, 0.3) is 0 Å². The molecule has 4 nitrogen and oxygen atoms in total. The molecule has 0 bridgehead atoms. The molecule has 2 fully saturated rings. The van der Waals surface area contributed by atoms with E-state index < -0.39 is 12.8 Å². The lowest BCUT2D eigenvalue weighted by atomic mass is 9.79. The van der Waals surface area contributed by atoms with Crippen molar-refractivity contribution in [3.8, 4) is 0 Å². The summed E-state index contributed by atoms with van der Waals surface area (Å²) in [5.74, 6) is 7.87. The monoisotopic (exact) mass is 328 g/mol. The zero-order valence-corrected chi connectivity index (χ0v) is 12.8. The minimum atomic E-state index is -4.29. The lowest BCUT2D eigenvalue weighted by molar-refractivity contribution is -0.178. The molecule has 2 saturated heterocycles. The molecule has 1 spiro atoms. The molecule has 0 aromatic rings. The number of halogens is 3. The lowest BCUT2D eigenvalue weighted by Gasteiger charge is -2.45. The molecular formula is C13H23F3N2O2S. The Morgan fingerprint density at radius 1 is 1.38 bits per heavy atom. The van der Waals surface area contributed by atoms with Gasteiger partial charge < -0.3 is 9.47 Å². The molecule has 2 atom stereocenters. The maximum absolute atomic E-state index is 12.1. The van der Waals surface area contributed by atoms with Crippen molar-refractivity contribution in [1.82, 2.24) is 5.43 Å². The van der Waals surface area contributed by atoms with Crippen molar-refractivity contribution in [2.75, 3.05) is 31.3 Å². The van der Waals surface area contributed by atoms with Gasteiger partial charge in [0.15, 0.2) is 0 Å². The van der Waals surface area contributed by atoms with Gasteiger partial charge in [-0.2, -0.15) is 24.9 Å². The first-order valence-electron chi connectivity index (χ1n) is 7.26. The Kier molecular flexibility index (Phi) is 6.19. The number of nitrogens with two attached hydrogens (primary N) is 1. The second kappa shape index (κ2) is 7.50. The van der Waals surface area contributed by atoms with E-state index in [0.717, 1.165) is 37.2 Å². The van der Waals surface area contributed by atoms with E-state index in [-0.39, 0.29) is 24.2 Å². The molecule has 21 heavy (non-hydrogen) atoms. The minimum absolute atomic E-state index is 0.0223. The highest BCUT2D eigenvalue weighted by Gasteiger charge is 2.41. The number of rotatable bonds is 5. The standard InChI is InChI=1S/C13H23F3N2O2S/c14-13(15,16)9-19-8-11(18-17)10-1-4-20-12(7-10)2-5-21-6-3-12/h10-11,18H,1-9,17H2. The van der Waals surface area contributed by atoms with Crippen LogP contribution in [0.1, 0.15) is 25.7 Å². The van der Waals surface area contributed by atoms with Gasteiger partial charge in [-0.15, -0.1) is 0 Å². The van der Waals surface area contributed by atoms with Crippen LogP contribution in [0.4, 0.5) is 13.2 Å². The van der Waals surface area contributed by atoms with Gasteiger partial charge in [-0.25, -0.2) is 0 Å². The summed E-state index contributed by atoms with van der Waals surface area (Å²) in [5.41, 5.74) is 2.52. The summed E-state index contributed by atoms with van der Waals surface area (Å²) < 4.78 is 47.2. The van der Waals surface area contributed by atoms with Gasteiger partial charge in [-0.3, -0.25) is 11.3 Å². The topological polar surface area (TPSA) is 56.5 Å². The normalized spacial score (nSPS) is 27.7. The quantitative estimate of drug-likeness (QED) is 0.598. The largest absolute Gasteiger partial charge is 0.411 e. The van der Waals surface area contributed by atoms with Crippen LogP contribution in [0.15, 0.2) is 0 Å². The summed E-state index contributed by atoms with van der Waals surface area (Å²) in [7, 11) is 0. The van der Waals surface area contributed by atoms with Gasteiger partial charge in [0.05, 0.1) is 12.2 Å². The van der Waals surface area contributed by atoms with Crippen LogP contribution in [0.3, 0.4) is 0 Å². The molecule has 0 amide bonds. The van der Waals surface area contributed by atoms with Gasteiger partial charge in [0, 0.05) is 12.6 Å². The Hall–Kier alpha value is -0.0200. The van der Waals surface area contributed by atoms with Gasteiger partial charge in [0.2, 0.25) is 0 Å². The van der Waals surface area contributed by atoms with Crippen LogP contribution in [0.25, 0.3) is 0 Å². The smallest absolute Gasteiger partial charge is 0.375 e. The highest BCUT2D eigenvalue weighted by Crippen LogP contribution is 2.40. The van der Waals surface area contributed by atoms with Crippen molar-refractivity contribution in [1.29, 1.82) is 0 Å². The van der Waals surface area contributed by atoms with Crippen molar-refractivity contribution in [2.45, 2.75) is 43.5 Å². The molecule has 2 rings (SSSR count). The van der Waals surface area contributed by atoms with E-state index >= 15 is 0 Å². The van der Waals surface area contributed by atoms with E-state index in [1.165, 1.54) is 0 Å². The van der Waals surface area contributed by atoms with Crippen LogP contribution in [-0.4, -0.2) is 49.1 Å². The lowest BCUT2D eigenvalue weighted by Crippen LogP contribution is -2.51. The Morgan fingerprint density at radius 2 is 2.10 bits per heavy atom. The van der Waals surface area contributed by atoms with Crippen LogP contribution in [0.5, 0.6) is 0 Å². The molecule has 2 unspecified atom stereocenters. The average molecular weight is 328 g/mol. The number of hydrogen-bond donors (Lipinski definition) is 2. The van der Waals surface area contributed by atoms with Crippen LogP contribution >= 0.6 is 11.8 Å². The van der Waals surface area contributed by atoms with Gasteiger partial charge >= 0.3 is 6.18 Å². The molecule has 3 N–H and O–H groups in total. The summed E-state index contributed by atoms with van der Waals surface area (Å²) >= 11 is 1.92. The summed E-state index contributed by atoms with van der Waals surface area (Å²) in [5, 5.41) is 0. The van der Waals surface area contributed by atoms with Crippen molar-refractivity contribution in [2.24, 2.45) is 11.8 Å². The predicted octanol–water partition coefficient (Wildman–Crippen LogP) is 2.09. The van der Waals surface area contributed by atoms with Crippen LogP contribution < -0.4 is 11.3 Å². The summed E-state index contributed by atoms with van der Waals surface area (Å²) in [6.07, 6.45) is -0.628. The molecule has 0 aromatic heterocycles. The molecule has 124 valence electrons. The number of ether oxygens (including phenoxy) is 2. The summed E-state index contributed by atoms with van der Waals surface area (Å²) in [6, 6.07) is -0.261. The highest BCUT2D eigenvalue weighted by molar-refractivity contribution is 7.99. The minimum Gasteiger partial charge on any atom is -0.375 e. The number of hydrazine groups is 1. The zero-order valence-electron chi connectivity index (χ0n) is 12.0. The maximum atomic E-state index is 12.1. The second-order valence-electron chi connectivity index (χ2n) is 5.80. The SMILES string of the molecule is NNC(COCC(F)(F)F)C1CCOC2(CCSCC2)C1. The van der Waals surface area contributed by atoms with E-state index in [0.29, 0.717) is 6.61 Å². The molecule has 0 radical (unpaired) electrons. The third kappa shape index (κ3) is 5.28. The molecule has 8 heteroatoms. The third-order valence-electron chi connectivity index (χ3n) is 4.28. The van der Waals surface area contributed by atoms with Crippen LogP contribution in [0, 0.1) is 5.92 Å². The Bertz CT molecular complexity index is 320. The van der Waals surface area contributed by atoms with E-state index in [9.17, 15) is 13.2 Å². The number of hydrogen-bond acceptors (Lipinski definition) is 5.